The highest BCUT2D eigenvalue weighted by Crippen LogP contribution is 2.41. The van der Waals surface area contributed by atoms with E-state index >= 15 is 0 Å². The molecule has 0 saturated carbocycles. The van der Waals surface area contributed by atoms with Crippen molar-refractivity contribution in [1.82, 2.24) is 0 Å². The number of imide groups is 1. The quantitative estimate of drug-likeness (QED) is 0.522. The summed E-state index contributed by atoms with van der Waals surface area (Å²) in [6.45, 7) is 0.626. The predicted molar refractivity (Wildman–Crippen MR) is 120 cm³/mol. The Hall–Kier alpha value is -3.08. The Morgan fingerprint density at radius 3 is 2.30 bits per heavy atom. The van der Waals surface area contributed by atoms with E-state index in [0.29, 0.717) is 28.4 Å². The van der Waals surface area contributed by atoms with Crippen molar-refractivity contribution in [1.29, 1.82) is 0 Å². The number of hydrogen-bond donors (Lipinski definition) is 0. The van der Waals surface area contributed by atoms with Crippen molar-refractivity contribution in [3.63, 3.8) is 0 Å². The van der Waals surface area contributed by atoms with Crippen molar-refractivity contribution in [2.45, 2.75) is 6.42 Å². The highest BCUT2D eigenvalue weighted by atomic mass is 35.5. The van der Waals surface area contributed by atoms with E-state index in [1.54, 1.807) is 18.2 Å². The van der Waals surface area contributed by atoms with E-state index in [4.69, 9.17) is 23.2 Å². The number of hydrogen-bond acceptors (Lipinski definition) is 3. The lowest BCUT2D eigenvalue weighted by molar-refractivity contribution is -0.120. The zero-order valence-electron chi connectivity index (χ0n) is 15.8. The van der Waals surface area contributed by atoms with Crippen molar-refractivity contribution < 1.29 is 9.59 Å². The van der Waals surface area contributed by atoms with Gasteiger partial charge in [0.05, 0.1) is 16.3 Å². The molecule has 0 aromatic heterocycles. The standard InChI is InChI=1S/C24H16Cl2N2O2/c25-17-10-11-18(26)20(14-17)28-23(29)21(16-7-2-1-3-8-16)22(24(28)30)27-13-12-15-6-4-5-9-19(15)27/h1-11,14H,12-13H2. The first kappa shape index (κ1) is 18.9. The highest BCUT2D eigenvalue weighted by Gasteiger charge is 2.44. The van der Waals surface area contributed by atoms with Crippen LogP contribution in [-0.2, 0) is 16.0 Å². The number of halogens is 2. The predicted octanol–water partition coefficient (Wildman–Crippen LogP) is 5.34. The van der Waals surface area contributed by atoms with Gasteiger partial charge in [0, 0.05) is 17.3 Å². The molecule has 6 heteroatoms. The van der Waals surface area contributed by atoms with Gasteiger partial charge in [0.25, 0.3) is 11.8 Å². The second-order valence-corrected chi connectivity index (χ2v) is 8.01. The maximum atomic E-state index is 13.7. The maximum absolute atomic E-state index is 13.7. The van der Waals surface area contributed by atoms with Crippen LogP contribution in [0.1, 0.15) is 11.1 Å². The number of rotatable bonds is 3. The van der Waals surface area contributed by atoms with Crippen LogP contribution in [0.2, 0.25) is 10.0 Å². The van der Waals surface area contributed by atoms with Crippen molar-refractivity contribution in [3.05, 3.63) is 99.7 Å². The molecule has 0 radical (unpaired) electrons. The molecule has 3 aromatic carbocycles. The first-order chi connectivity index (χ1) is 14.6. The van der Waals surface area contributed by atoms with E-state index in [1.165, 1.54) is 0 Å². The summed E-state index contributed by atoms with van der Waals surface area (Å²) < 4.78 is 0. The van der Waals surface area contributed by atoms with E-state index in [9.17, 15) is 9.59 Å². The molecule has 2 aliphatic heterocycles. The summed E-state index contributed by atoms with van der Waals surface area (Å²) in [5.74, 6) is -0.811. The normalized spacial score (nSPS) is 15.9. The lowest BCUT2D eigenvalue weighted by Crippen LogP contribution is -2.35. The SMILES string of the molecule is O=C1C(c2ccccc2)=C(N2CCc3ccccc32)C(=O)N1c1cc(Cl)ccc1Cl. The van der Waals surface area contributed by atoms with Gasteiger partial charge in [-0.2, -0.15) is 0 Å². The number of para-hydroxylation sites is 1. The van der Waals surface area contributed by atoms with Crippen LogP contribution in [0.15, 0.2) is 78.5 Å². The number of nitrogens with zero attached hydrogens (tertiary/aromatic N) is 2. The summed E-state index contributed by atoms with van der Waals surface area (Å²) in [7, 11) is 0. The molecule has 0 atom stereocenters. The van der Waals surface area contributed by atoms with Crippen LogP contribution in [-0.4, -0.2) is 18.4 Å². The molecule has 0 aliphatic carbocycles. The zero-order valence-corrected chi connectivity index (χ0v) is 17.3. The van der Waals surface area contributed by atoms with E-state index in [-0.39, 0.29) is 10.7 Å². The number of fused-ring (bicyclic) bond motifs is 1. The Morgan fingerprint density at radius 2 is 1.50 bits per heavy atom. The van der Waals surface area contributed by atoms with Gasteiger partial charge in [-0.3, -0.25) is 9.59 Å². The summed E-state index contributed by atoms with van der Waals surface area (Å²) in [6.07, 6.45) is 0.807. The molecule has 4 nitrogen and oxygen atoms in total. The average Bonchev–Trinajstić information content (AvgIpc) is 3.29. The van der Waals surface area contributed by atoms with Crippen molar-refractivity contribution in [3.8, 4) is 0 Å². The van der Waals surface area contributed by atoms with Gasteiger partial charge in [-0.15, -0.1) is 0 Å². The molecule has 3 aromatic rings. The topological polar surface area (TPSA) is 40.6 Å². The largest absolute Gasteiger partial charge is 0.336 e. The smallest absolute Gasteiger partial charge is 0.282 e. The van der Waals surface area contributed by atoms with Crippen LogP contribution in [0.3, 0.4) is 0 Å². The molecular weight excluding hydrogens is 419 g/mol. The van der Waals surface area contributed by atoms with Gasteiger partial charge in [-0.1, -0.05) is 71.7 Å². The molecule has 0 fully saturated rings. The summed E-state index contributed by atoms with van der Waals surface area (Å²) in [4.78, 5) is 30.3. The van der Waals surface area contributed by atoms with Crippen LogP contribution in [0.25, 0.3) is 5.57 Å². The van der Waals surface area contributed by atoms with Crippen molar-refractivity contribution in [2.24, 2.45) is 0 Å². The Balaban J connectivity index is 1.71. The van der Waals surface area contributed by atoms with Crippen LogP contribution in [0.5, 0.6) is 0 Å². The lowest BCUT2D eigenvalue weighted by atomic mass is 10.0. The second kappa shape index (κ2) is 7.31. The van der Waals surface area contributed by atoms with Crippen LogP contribution in [0.4, 0.5) is 11.4 Å². The average molecular weight is 435 g/mol. The van der Waals surface area contributed by atoms with E-state index in [1.807, 2.05) is 59.5 Å². The number of amides is 2. The molecule has 148 valence electrons. The minimum atomic E-state index is -0.408. The summed E-state index contributed by atoms with van der Waals surface area (Å²) in [5, 5.41) is 0.688. The van der Waals surface area contributed by atoms with Gasteiger partial charge in [0.2, 0.25) is 0 Å². The third kappa shape index (κ3) is 2.92. The fourth-order valence-electron chi connectivity index (χ4n) is 4.08. The number of benzene rings is 3. The zero-order chi connectivity index (χ0) is 20.8. The van der Waals surface area contributed by atoms with Crippen molar-refractivity contribution >= 4 is 52.0 Å². The number of carbonyl (C=O) groups is 2. The van der Waals surface area contributed by atoms with Crippen LogP contribution >= 0.6 is 23.2 Å². The van der Waals surface area contributed by atoms with Gasteiger partial charge >= 0.3 is 0 Å². The van der Waals surface area contributed by atoms with Gasteiger partial charge < -0.3 is 4.90 Å². The first-order valence-electron chi connectivity index (χ1n) is 9.55. The molecule has 5 rings (SSSR count). The van der Waals surface area contributed by atoms with Gasteiger partial charge in [0.15, 0.2) is 0 Å². The van der Waals surface area contributed by atoms with E-state index < -0.39 is 11.8 Å². The van der Waals surface area contributed by atoms with Crippen molar-refractivity contribution in [2.75, 3.05) is 16.3 Å². The summed E-state index contributed by atoms with van der Waals surface area (Å²) in [5.41, 5.74) is 3.81. The molecule has 2 aliphatic rings. The van der Waals surface area contributed by atoms with Gasteiger partial charge in [-0.05, 0) is 41.8 Å². The van der Waals surface area contributed by atoms with Gasteiger partial charge in [-0.25, -0.2) is 4.90 Å². The molecule has 30 heavy (non-hydrogen) atoms. The van der Waals surface area contributed by atoms with Crippen LogP contribution < -0.4 is 9.80 Å². The summed E-state index contributed by atoms with van der Waals surface area (Å²) >= 11 is 12.5. The molecular formula is C24H16Cl2N2O2. The maximum Gasteiger partial charge on any atom is 0.282 e. The minimum absolute atomic E-state index is 0.287. The fourth-order valence-corrected chi connectivity index (χ4v) is 4.45. The van der Waals surface area contributed by atoms with E-state index in [0.717, 1.165) is 22.6 Å². The highest BCUT2D eigenvalue weighted by molar-refractivity contribution is 6.48. The minimum Gasteiger partial charge on any atom is -0.336 e. The first-order valence-corrected chi connectivity index (χ1v) is 10.3. The molecule has 0 bridgehead atoms. The second-order valence-electron chi connectivity index (χ2n) is 7.16. The molecule has 2 heterocycles. The third-order valence-corrected chi connectivity index (χ3v) is 5.98. The molecule has 2 amide bonds. The Morgan fingerprint density at radius 1 is 0.767 bits per heavy atom. The molecule has 0 N–H and O–H groups in total. The monoisotopic (exact) mass is 434 g/mol. The van der Waals surface area contributed by atoms with Crippen LogP contribution in [0, 0.1) is 0 Å². The summed E-state index contributed by atoms with van der Waals surface area (Å²) in [6, 6.07) is 22.0. The molecule has 0 unspecified atom stereocenters. The third-order valence-electron chi connectivity index (χ3n) is 5.43. The lowest BCUT2D eigenvalue weighted by Gasteiger charge is -2.22. The Bertz CT molecular complexity index is 1220. The van der Waals surface area contributed by atoms with Gasteiger partial charge in [0.1, 0.15) is 5.70 Å². The Labute approximate surface area is 183 Å². The fraction of sp³-hybridized carbons (Fsp3) is 0.0833. The van der Waals surface area contributed by atoms with E-state index in [2.05, 4.69) is 0 Å². The number of carbonyl (C=O) groups excluding carboxylic acids is 2. The molecule has 0 spiro atoms. The number of anilines is 2. The Kier molecular flexibility index (Phi) is 4.61. The molecule has 0 saturated heterocycles.